The summed E-state index contributed by atoms with van der Waals surface area (Å²) in [5, 5.41) is 15.8. The zero-order chi connectivity index (χ0) is 20.9. The molecule has 12 nitrogen and oxygen atoms in total. The van der Waals surface area contributed by atoms with Crippen LogP contribution in [-0.4, -0.2) is 34.7 Å². The summed E-state index contributed by atoms with van der Waals surface area (Å²) in [6.07, 6.45) is 9.56. The van der Waals surface area contributed by atoms with E-state index in [1.165, 1.54) is 0 Å². The molecule has 0 radical (unpaired) electrons. The summed E-state index contributed by atoms with van der Waals surface area (Å²) < 4.78 is 0. The van der Waals surface area contributed by atoms with Gasteiger partial charge in [0, 0.05) is 0 Å². The van der Waals surface area contributed by atoms with E-state index < -0.39 is 18.1 Å². The Labute approximate surface area is 169 Å². The number of hydrogen-bond donors (Lipinski definition) is 6. The SMILES string of the molecule is O=C1N=C2C=CC=C(NC(=O)NC3=CC=CC(=NC(=O)Nc4cccc(n4)N1)N3)N2. The van der Waals surface area contributed by atoms with Crippen LogP contribution in [0.15, 0.2) is 76.3 Å². The number of aliphatic imine (C=N–C) groups is 2. The number of amidine groups is 2. The molecule has 0 spiro atoms. The Morgan fingerprint density at radius 2 is 1.13 bits per heavy atom. The van der Waals surface area contributed by atoms with Crippen LogP contribution in [0, 0.1) is 0 Å². The number of dihydropyridines is 2. The monoisotopic (exact) mass is 405 g/mol. The summed E-state index contributed by atoms with van der Waals surface area (Å²) in [6.45, 7) is 0. The molecule has 3 aliphatic heterocycles. The Kier molecular flexibility index (Phi) is 5.02. The highest BCUT2D eigenvalue weighted by Crippen LogP contribution is 2.10. The molecule has 30 heavy (non-hydrogen) atoms. The van der Waals surface area contributed by atoms with Crippen molar-refractivity contribution in [1.82, 2.24) is 26.3 Å². The number of carbonyl (C=O) groups excluding carboxylic acids is 3. The van der Waals surface area contributed by atoms with Gasteiger partial charge in [-0.05, 0) is 36.4 Å². The Morgan fingerprint density at radius 1 is 0.633 bits per heavy atom. The maximum Gasteiger partial charge on any atom is 0.348 e. The van der Waals surface area contributed by atoms with Gasteiger partial charge in [-0.15, -0.1) is 0 Å². The number of nitrogens with one attached hydrogen (secondary N) is 6. The normalized spacial score (nSPS) is 18.3. The fourth-order valence-corrected chi connectivity index (χ4v) is 2.53. The average molecular weight is 405 g/mol. The van der Waals surface area contributed by atoms with Crippen molar-refractivity contribution in [2.24, 2.45) is 9.98 Å². The van der Waals surface area contributed by atoms with Crippen molar-refractivity contribution >= 4 is 41.4 Å². The first-order valence-electron chi connectivity index (χ1n) is 8.69. The van der Waals surface area contributed by atoms with Gasteiger partial charge in [0.1, 0.15) is 34.9 Å². The molecule has 3 aliphatic rings. The van der Waals surface area contributed by atoms with Crippen molar-refractivity contribution in [1.29, 1.82) is 0 Å². The highest BCUT2D eigenvalue weighted by atomic mass is 16.2. The average Bonchev–Trinajstić information content (AvgIpc) is 2.67. The number of carbonyl (C=O) groups is 3. The highest BCUT2D eigenvalue weighted by molar-refractivity contribution is 6.07. The van der Waals surface area contributed by atoms with Gasteiger partial charge in [-0.1, -0.05) is 18.2 Å². The molecule has 150 valence electrons. The zero-order valence-corrected chi connectivity index (χ0v) is 15.3. The molecule has 0 atom stereocenters. The van der Waals surface area contributed by atoms with Crippen LogP contribution in [0.2, 0.25) is 0 Å². The molecule has 4 rings (SSSR count). The summed E-state index contributed by atoms with van der Waals surface area (Å²) in [5.74, 6) is 1.41. The lowest BCUT2D eigenvalue weighted by molar-refractivity contribution is 0.245. The topological polar surface area (TPSA) is 161 Å². The van der Waals surface area contributed by atoms with E-state index in [0.29, 0.717) is 11.6 Å². The fraction of sp³-hybridized carbons (Fsp3) is 0. The third-order valence-corrected chi connectivity index (χ3v) is 3.72. The molecule has 12 heteroatoms. The largest absolute Gasteiger partial charge is 0.348 e. The van der Waals surface area contributed by atoms with Crippen LogP contribution < -0.4 is 31.9 Å². The van der Waals surface area contributed by atoms with Gasteiger partial charge < -0.3 is 10.6 Å². The Hall–Kier alpha value is -4.74. The van der Waals surface area contributed by atoms with Gasteiger partial charge in [-0.3, -0.25) is 21.3 Å². The molecular formula is C18H15N9O3. The predicted octanol–water partition coefficient (Wildman–Crippen LogP) is 1.26. The maximum atomic E-state index is 12.2. The number of allylic oxidation sites excluding steroid dienone is 4. The van der Waals surface area contributed by atoms with Crippen molar-refractivity contribution in [2.45, 2.75) is 0 Å². The molecule has 0 unspecified atom stereocenters. The van der Waals surface area contributed by atoms with E-state index in [1.54, 1.807) is 54.7 Å². The molecule has 0 fully saturated rings. The van der Waals surface area contributed by atoms with Gasteiger partial charge in [-0.25, -0.2) is 19.4 Å². The second-order valence-electron chi connectivity index (χ2n) is 5.97. The third kappa shape index (κ3) is 4.75. The number of fused-ring (bicyclic) bond motifs is 6. The number of nitrogens with zero attached hydrogens (tertiary/aromatic N) is 3. The van der Waals surface area contributed by atoms with E-state index in [1.807, 2.05) is 0 Å². The summed E-state index contributed by atoms with van der Waals surface area (Å²) in [6, 6.07) is 2.74. The summed E-state index contributed by atoms with van der Waals surface area (Å²) >= 11 is 0. The number of pyridine rings is 1. The van der Waals surface area contributed by atoms with Crippen molar-refractivity contribution in [2.75, 3.05) is 10.6 Å². The highest BCUT2D eigenvalue weighted by Gasteiger charge is 2.14. The third-order valence-electron chi connectivity index (χ3n) is 3.72. The number of hydrogen-bond acceptors (Lipinski definition) is 6. The van der Waals surface area contributed by atoms with E-state index in [2.05, 4.69) is 46.9 Å². The Morgan fingerprint density at radius 3 is 1.63 bits per heavy atom. The fourth-order valence-electron chi connectivity index (χ4n) is 2.53. The van der Waals surface area contributed by atoms with Crippen LogP contribution in [0.25, 0.3) is 0 Å². The lowest BCUT2D eigenvalue weighted by atomic mass is 10.3. The van der Waals surface area contributed by atoms with Crippen LogP contribution in [0.4, 0.5) is 26.0 Å². The molecule has 4 heterocycles. The molecule has 0 aromatic carbocycles. The molecule has 0 aliphatic carbocycles. The lowest BCUT2D eigenvalue weighted by Gasteiger charge is -2.18. The summed E-state index contributed by atoms with van der Waals surface area (Å²) in [5.41, 5.74) is 0. The predicted molar refractivity (Wildman–Crippen MR) is 110 cm³/mol. The van der Waals surface area contributed by atoms with Crippen molar-refractivity contribution in [3.8, 4) is 0 Å². The smallest absolute Gasteiger partial charge is 0.326 e. The molecule has 6 bridgehead atoms. The second kappa shape index (κ2) is 8.10. The first-order chi connectivity index (χ1) is 14.5. The Bertz CT molecular complexity index is 1030. The lowest BCUT2D eigenvalue weighted by Crippen LogP contribution is -2.44. The number of aromatic nitrogens is 1. The van der Waals surface area contributed by atoms with E-state index in [4.69, 9.17) is 0 Å². The zero-order valence-electron chi connectivity index (χ0n) is 15.3. The van der Waals surface area contributed by atoms with Gasteiger partial charge in [0.15, 0.2) is 0 Å². The number of rotatable bonds is 0. The first kappa shape index (κ1) is 18.6. The number of amides is 6. The van der Waals surface area contributed by atoms with Crippen molar-refractivity contribution in [3.63, 3.8) is 0 Å². The quantitative estimate of drug-likeness (QED) is 0.381. The molecule has 0 saturated carbocycles. The van der Waals surface area contributed by atoms with Crippen LogP contribution >= 0.6 is 0 Å². The van der Waals surface area contributed by atoms with Crippen LogP contribution in [0.3, 0.4) is 0 Å². The second-order valence-corrected chi connectivity index (χ2v) is 5.97. The van der Waals surface area contributed by atoms with E-state index in [-0.39, 0.29) is 23.3 Å². The molecule has 0 saturated heterocycles. The van der Waals surface area contributed by atoms with E-state index in [9.17, 15) is 14.4 Å². The molecule has 1 aromatic heterocycles. The molecule has 6 amide bonds. The van der Waals surface area contributed by atoms with Crippen molar-refractivity contribution < 1.29 is 14.4 Å². The van der Waals surface area contributed by atoms with Crippen LogP contribution in [-0.2, 0) is 0 Å². The number of anilines is 2. The minimum absolute atomic E-state index is 0.185. The summed E-state index contributed by atoms with van der Waals surface area (Å²) in [4.78, 5) is 48.5. The molecule has 6 N–H and O–H groups in total. The van der Waals surface area contributed by atoms with Gasteiger partial charge in [0.2, 0.25) is 0 Å². The first-order valence-corrected chi connectivity index (χ1v) is 8.69. The van der Waals surface area contributed by atoms with E-state index >= 15 is 0 Å². The minimum Gasteiger partial charge on any atom is -0.326 e. The standard InChI is InChI=1S/C18H15N9O3/c28-16-22-10-4-1-5-11(19-10)23-17(29)25-13-7-3-9-15(21-13)27-18(30)26-14-8-2-6-12(20-14)24-16/h1-9H,(H6,19,20,21,22,23,24,25,26,27,28,29,30). The molecular weight excluding hydrogens is 390 g/mol. The van der Waals surface area contributed by atoms with Gasteiger partial charge in [0.25, 0.3) is 0 Å². The van der Waals surface area contributed by atoms with Gasteiger partial charge in [-0.2, -0.15) is 9.98 Å². The summed E-state index contributed by atoms with van der Waals surface area (Å²) in [7, 11) is 0. The van der Waals surface area contributed by atoms with E-state index in [0.717, 1.165) is 0 Å². The maximum absolute atomic E-state index is 12.2. The van der Waals surface area contributed by atoms with Gasteiger partial charge in [0.05, 0.1) is 0 Å². The van der Waals surface area contributed by atoms with Crippen LogP contribution in [0.1, 0.15) is 0 Å². The Balaban J connectivity index is 1.64. The minimum atomic E-state index is -0.695. The van der Waals surface area contributed by atoms with Crippen LogP contribution in [0.5, 0.6) is 0 Å². The van der Waals surface area contributed by atoms with Gasteiger partial charge >= 0.3 is 18.1 Å². The molecule has 1 aromatic rings. The number of urea groups is 3. The van der Waals surface area contributed by atoms with Crippen molar-refractivity contribution in [3.05, 3.63) is 66.3 Å².